The highest BCUT2D eigenvalue weighted by atomic mass is 35.5. The summed E-state index contributed by atoms with van der Waals surface area (Å²) in [6.45, 7) is 1.02. The Morgan fingerprint density at radius 1 is 1.27 bits per heavy atom. The fourth-order valence-electron chi connectivity index (χ4n) is 0.748. The fraction of sp³-hybridized carbons (Fsp3) is 0.750. The molecule has 0 saturated heterocycles. The van der Waals surface area contributed by atoms with E-state index in [0.29, 0.717) is 26.1 Å². The minimum Gasteiger partial charge on any atom is -0.384 e. The summed E-state index contributed by atoms with van der Waals surface area (Å²) in [4.78, 5) is 20.8. The number of hydrogen-bond acceptors (Lipinski definition) is 3. The first-order valence-electron chi connectivity index (χ1n) is 4.39. The summed E-state index contributed by atoms with van der Waals surface area (Å²) in [6.07, 6.45) is 0.304. The van der Waals surface area contributed by atoms with Crippen molar-refractivity contribution in [2.75, 3.05) is 26.8 Å². The number of hydrogen-bond donors (Lipinski definition) is 2. The van der Waals surface area contributed by atoms with Crippen LogP contribution in [0.4, 0.5) is 0 Å². The van der Waals surface area contributed by atoms with E-state index in [4.69, 9.17) is 27.9 Å². The number of carbonyl (C=O) groups is 2. The van der Waals surface area contributed by atoms with Crippen LogP contribution in [-0.4, -0.2) is 43.5 Å². The summed E-state index contributed by atoms with van der Waals surface area (Å²) in [7, 11) is 1.52. The van der Waals surface area contributed by atoms with Crippen molar-refractivity contribution in [2.45, 2.75) is 11.3 Å². The minimum atomic E-state index is -1.07. The number of amides is 2. The van der Waals surface area contributed by atoms with Crippen LogP contribution in [0.2, 0.25) is 0 Å². The van der Waals surface area contributed by atoms with Crippen molar-refractivity contribution in [1.29, 1.82) is 0 Å². The van der Waals surface area contributed by atoms with Gasteiger partial charge in [0.1, 0.15) is 0 Å². The van der Waals surface area contributed by atoms with Crippen molar-refractivity contribution in [3.05, 3.63) is 0 Å². The molecule has 0 rings (SSSR count). The van der Waals surface area contributed by atoms with Crippen molar-refractivity contribution >= 4 is 35.0 Å². The third kappa shape index (κ3) is 8.47. The lowest BCUT2D eigenvalue weighted by Crippen LogP contribution is -2.36. The maximum absolute atomic E-state index is 11.0. The van der Waals surface area contributed by atoms with Crippen LogP contribution in [0.25, 0.3) is 0 Å². The molecule has 88 valence electrons. The topological polar surface area (TPSA) is 67.4 Å². The van der Waals surface area contributed by atoms with Crippen LogP contribution in [0, 0.1) is 0 Å². The van der Waals surface area contributed by atoms with Crippen LogP contribution in [-0.2, 0) is 14.3 Å². The zero-order chi connectivity index (χ0) is 11.7. The zero-order valence-electron chi connectivity index (χ0n) is 8.39. The van der Waals surface area contributed by atoms with Gasteiger partial charge < -0.3 is 15.4 Å². The minimum absolute atomic E-state index is 0.126. The third-order valence-electron chi connectivity index (χ3n) is 1.48. The number of rotatable bonds is 7. The van der Waals surface area contributed by atoms with Crippen molar-refractivity contribution in [3.63, 3.8) is 0 Å². The molecule has 0 heterocycles. The summed E-state index contributed by atoms with van der Waals surface area (Å²) < 4.78 is 4.72. The number of halogens is 2. The van der Waals surface area contributed by atoms with E-state index < -0.39 is 10.7 Å². The second-order valence-electron chi connectivity index (χ2n) is 2.68. The van der Waals surface area contributed by atoms with E-state index in [1.807, 2.05) is 0 Å². The molecule has 7 heteroatoms. The molecule has 0 aliphatic carbocycles. The van der Waals surface area contributed by atoms with Gasteiger partial charge in [-0.2, -0.15) is 0 Å². The molecule has 0 aromatic carbocycles. The van der Waals surface area contributed by atoms with Crippen LogP contribution in [0.15, 0.2) is 0 Å². The average Bonchev–Trinajstić information content (AvgIpc) is 2.20. The lowest BCUT2D eigenvalue weighted by Gasteiger charge is -2.06. The molecule has 5 nitrogen and oxygen atoms in total. The molecule has 0 atom stereocenters. The first kappa shape index (κ1) is 14.5. The van der Waals surface area contributed by atoms with Gasteiger partial charge >= 0.3 is 0 Å². The van der Waals surface area contributed by atoms with Crippen molar-refractivity contribution < 1.29 is 14.3 Å². The highest BCUT2D eigenvalue weighted by molar-refractivity contribution is 6.53. The Kier molecular flexibility index (Phi) is 8.46. The molecule has 0 fully saturated rings. The van der Waals surface area contributed by atoms with Gasteiger partial charge in [0.15, 0.2) is 4.84 Å². The number of ether oxygens (including phenoxy) is 1. The van der Waals surface area contributed by atoms with Crippen LogP contribution in [0.5, 0.6) is 0 Å². The van der Waals surface area contributed by atoms with Crippen LogP contribution in [0.1, 0.15) is 6.42 Å². The van der Waals surface area contributed by atoms with E-state index in [9.17, 15) is 9.59 Å². The highest BCUT2D eigenvalue weighted by Gasteiger charge is 2.09. The van der Waals surface area contributed by atoms with Gasteiger partial charge in [-0.05, 0) is 0 Å². The summed E-state index contributed by atoms with van der Waals surface area (Å²) in [5.74, 6) is -0.594. The first-order valence-corrected chi connectivity index (χ1v) is 5.26. The van der Waals surface area contributed by atoms with E-state index in [1.165, 1.54) is 7.11 Å². The van der Waals surface area contributed by atoms with Gasteiger partial charge in [-0.3, -0.25) is 9.59 Å². The maximum atomic E-state index is 11.0. The monoisotopic (exact) mass is 256 g/mol. The predicted octanol–water partition coefficient (Wildman–Crippen LogP) is 0.0590. The fourth-order valence-corrected chi connectivity index (χ4v) is 0.902. The summed E-state index contributed by atoms with van der Waals surface area (Å²) in [6, 6.07) is 0. The normalized spacial score (nSPS) is 10.1. The van der Waals surface area contributed by atoms with Gasteiger partial charge in [-0.25, -0.2) is 0 Å². The molecule has 0 radical (unpaired) electrons. The molecule has 0 aliphatic heterocycles. The Balaban J connectivity index is 3.38. The van der Waals surface area contributed by atoms with Gasteiger partial charge in [0.25, 0.3) is 5.91 Å². The first-order chi connectivity index (χ1) is 7.07. The molecule has 0 bridgehead atoms. The summed E-state index contributed by atoms with van der Waals surface area (Å²) in [5, 5.41) is 5.04. The van der Waals surface area contributed by atoms with Crippen molar-refractivity contribution in [2.24, 2.45) is 0 Å². The predicted molar refractivity (Wildman–Crippen MR) is 58.0 cm³/mol. The standard InChI is InChI=1S/C8H14Cl2N2O3/c1-15-5-2-6(13)11-3-4-12-8(14)7(9)10/h7H,2-5H2,1H3,(H,11,13)(H,12,14). The maximum Gasteiger partial charge on any atom is 0.253 e. The second kappa shape index (κ2) is 8.76. The Bertz CT molecular complexity index is 212. The molecule has 0 aromatic heterocycles. The molecular formula is C8H14Cl2N2O3. The Morgan fingerprint density at radius 2 is 1.87 bits per heavy atom. The second-order valence-corrected chi connectivity index (χ2v) is 3.78. The van der Waals surface area contributed by atoms with Gasteiger partial charge in [0, 0.05) is 26.6 Å². The Hall–Kier alpha value is -0.520. The van der Waals surface area contributed by atoms with Gasteiger partial charge in [0.05, 0.1) is 6.61 Å². The largest absolute Gasteiger partial charge is 0.384 e. The van der Waals surface area contributed by atoms with Crippen LogP contribution in [0.3, 0.4) is 0 Å². The quantitative estimate of drug-likeness (QED) is 0.500. The van der Waals surface area contributed by atoms with E-state index in [1.54, 1.807) is 0 Å². The lowest BCUT2D eigenvalue weighted by molar-refractivity contribution is -0.122. The van der Waals surface area contributed by atoms with E-state index in [-0.39, 0.29) is 5.91 Å². The molecule has 2 N–H and O–H groups in total. The van der Waals surface area contributed by atoms with E-state index >= 15 is 0 Å². The zero-order valence-corrected chi connectivity index (χ0v) is 9.90. The average molecular weight is 257 g/mol. The highest BCUT2D eigenvalue weighted by Crippen LogP contribution is 1.99. The lowest BCUT2D eigenvalue weighted by atomic mass is 10.4. The molecule has 0 unspecified atom stereocenters. The van der Waals surface area contributed by atoms with Crippen LogP contribution < -0.4 is 10.6 Å². The van der Waals surface area contributed by atoms with E-state index in [0.717, 1.165) is 0 Å². The molecular weight excluding hydrogens is 243 g/mol. The molecule has 0 aromatic rings. The molecule has 2 amide bonds. The van der Waals surface area contributed by atoms with Crippen LogP contribution >= 0.6 is 23.2 Å². The van der Waals surface area contributed by atoms with Gasteiger partial charge in [0.2, 0.25) is 5.91 Å². The van der Waals surface area contributed by atoms with Gasteiger partial charge in [-0.1, -0.05) is 23.2 Å². The number of carbonyl (C=O) groups excluding carboxylic acids is 2. The third-order valence-corrected chi connectivity index (χ3v) is 1.87. The summed E-state index contributed by atoms with van der Waals surface area (Å²) in [5.41, 5.74) is 0. The van der Waals surface area contributed by atoms with Crippen molar-refractivity contribution in [1.82, 2.24) is 10.6 Å². The Labute approximate surface area is 98.4 Å². The number of methoxy groups -OCH3 is 1. The molecule has 0 aliphatic rings. The SMILES string of the molecule is COCCC(=O)NCCNC(=O)C(Cl)Cl. The van der Waals surface area contributed by atoms with Crippen molar-refractivity contribution in [3.8, 4) is 0 Å². The number of nitrogens with one attached hydrogen (secondary N) is 2. The van der Waals surface area contributed by atoms with E-state index in [2.05, 4.69) is 10.6 Å². The molecule has 15 heavy (non-hydrogen) atoms. The molecule has 0 spiro atoms. The molecule has 0 saturated carbocycles. The number of alkyl halides is 2. The smallest absolute Gasteiger partial charge is 0.253 e. The van der Waals surface area contributed by atoms with Gasteiger partial charge in [-0.15, -0.1) is 0 Å². The summed E-state index contributed by atoms with van der Waals surface area (Å²) >= 11 is 10.6. The Morgan fingerprint density at radius 3 is 2.40 bits per heavy atom.